The van der Waals surface area contributed by atoms with E-state index in [0.29, 0.717) is 0 Å². The van der Waals surface area contributed by atoms with Crippen molar-refractivity contribution in [3.05, 3.63) is 30.0 Å². The van der Waals surface area contributed by atoms with Gasteiger partial charge in [-0.15, -0.1) is 12.3 Å². The smallest absolute Gasteiger partial charge is 0.0244 e. The van der Waals surface area contributed by atoms with Gasteiger partial charge < -0.3 is 0 Å². The van der Waals surface area contributed by atoms with E-state index in [4.69, 9.17) is 0 Å². The van der Waals surface area contributed by atoms with E-state index in [0.717, 1.165) is 12.8 Å². The Balaban J connectivity index is 3.49. The van der Waals surface area contributed by atoms with Crippen LogP contribution in [0.2, 0.25) is 0 Å². The van der Waals surface area contributed by atoms with Gasteiger partial charge in [0.15, 0.2) is 0 Å². The van der Waals surface area contributed by atoms with Crippen molar-refractivity contribution in [3.63, 3.8) is 0 Å². The van der Waals surface area contributed by atoms with Crippen LogP contribution in [0.15, 0.2) is 30.0 Å². The summed E-state index contributed by atoms with van der Waals surface area (Å²) in [5.41, 5.74) is 4.50. The fourth-order valence-corrected chi connectivity index (χ4v) is 0.830. The first-order valence-corrected chi connectivity index (χ1v) is 3.79. The largest absolute Gasteiger partial charge is 0.127 e. The number of unbranched alkanes of at least 4 members (excludes halogenated alkanes) is 1. The molecule has 0 rings (SSSR count). The number of allylic oxidation sites excluding steroid dienone is 2. The Hall–Kier alpha value is -0.740. The average Bonchev–Trinajstić information content (AvgIpc) is 1.89. The molecule has 10 heavy (non-hydrogen) atoms. The van der Waals surface area contributed by atoms with Gasteiger partial charge in [0.05, 0.1) is 0 Å². The monoisotopic (exact) mass is 136 g/mol. The summed E-state index contributed by atoms with van der Waals surface area (Å²) in [6.07, 6.45) is 7.39. The van der Waals surface area contributed by atoms with Crippen molar-refractivity contribution in [1.82, 2.24) is 0 Å². The summed E-state index contributed by atoms with van der Waals surface area (Å²) in [5.74, 6) is 0. The Morgan fingerprint density at radius 3 is 2.80 bits per heavy atom. The number of hydrogen-bond acceptors (Lipinski definition) is 0. The van der Waals surface area contributed by atoms with Crippen LogP contribution in [0.25, 0.3) is 0 Å². The first-order chi connectivity index (χ1) is 4.81. The van der Waals surface area contributed by atoms with E-state index in [-0.39, 0.29) is 0 Å². The molecule has 0 amide bonds. The predicted molar refractivity (Wildman–Crippen MR) is 47.0 cm³/mol. The van der Waals surface area contributed by atoms with Crippen LogP contribution in [-0.4, -0.2) is 0 Å². The second-order valence-electron chi connectivity index (χ2n) is 2.39. The lowest BCUT2D eigenvalue weighted by Gasteiger charge is -1.93. The minimum atomic E-state index is 1.11. The maximum atomic E-state index is 3.67. The summed E-state index contributed by atoms with van der Waals surface area (Å²) in [6, 6.07) is 0. The second kappa shape index (κ2) is 6.38. The van der Waals surface area contributed by atoms with E-state index < -0.39 is 0 Å². The highest BCUT2D eigenvalue weighted by atomic mass is 13.9. The topological polar surface area (TPSA) is 0 Å². The molecule has 0 aliphatic carbocycles. The van der Waals surface area contributed by atoms with E-state index in [1.807, 2.05) is 19.1 Å². The van der Waals surface area contributed by atoms with E-state index in [2.05, 4.69) is 19.2 Å². The van der Waals surface area contributed by atoms with Crippen LogP contribution in [-0.2, 0) is 0 Å². The van der Waals surface area contributed by atoms with Crippen molar-refractivity contribution in [1.29, 1.82) is 0 Å². The molecule has 0 radical (unpaired) electrons. The van der Waals surface area contributed by atoms with Crippen molar-refractivity contribution in [2.24, 2.45) is 0 Å². The van der Waals surface area contributed by atoms with Crippen LogP contribution in [0, 0.1) is 0 Å². The SMILES string of the molecule is C=CCCCC(C)=C=CC. The van der Waals surface area contributed by atoms with Gasteiger partial charge in [-0.25, -0.2) is 0 Å². The Bertz CT molecular complexity index is 145. The molecule has 0 fully saturated rings. The molecule has 0 aromatic heterocycles. The van der Waals surface area contributed by atoms with Gasteiger partial charge in [-0.1, -0.05) is 6.08 Å². The zero-order chi connectivity index (χ0) is 7.82. The van der Waals surface area contributed by atoms with Gasteiger partial charge in [0.25, 0.3) is 0 Å². The van der Waals surface area contributed by atoms with Crippen molar-refractivity contribution in [2.75, 3.05) is 0 Å². The molecule has 0 saturated carbocycles. The zero-order valence-corrected chi connectivity index (χ0v) is 6.98. The average molecular weight is 136 g/mol. The van der Waals surface area contributed by atoms with Crippen LogP contribution in [0.4, 0.5) is 0 Å². The predicted octanol–water partition coefficient (Wildman–Crippen LogP) is 3.46. The highest BCUT2D eigenvalue weighted by molar-refractivity contribution is 4.96. The maximum absolute atomic E-state index is 3.67. The molecule has 0 nitrogen and oxygen atoms in total. The Kier molecular flexibility index (Phi) is 5.91. The minimum Gasteiger partial charge on any atom is -0.127 e. The fraction of sp³-hybridized carbons (Fsp3) is 0.500. The molecule has 0 bridgehead atoms. The molecule has 0 aromatic carbocycles. The van der Waals surface area contributed by atoms with Gasteiger partial charge in [0.1, 0.15) is 0 Å². The third-order valence-corrected chi connectivity index (χ3v) is 1.35. The van der Waals surface area contributed by atoms with E-state index in [1.54, 1.807) is 0 Å². The first kappa shape index (κ1) is 9.26. The quantitative estimate of drug-likeness (QED) is 0.315. The van der Waals surface area contributed by atoms with Gasteiger partial charge in [0.2, 0.25) is 0 Å². The lowest BCUT2D eigenvalue weighted by atomic mass is 10.1. The maximum Gasteiger partial charge on any atom is -0.0244 e. The van der Waals surface area contributed by atoms with Crippen molar-refractivity contribution in [2.45, 2.75) is 33.1 Å². The fourth-order valence-electron chi connectivity index (χ4n) is 0.830. The van der Waals surface area contributed by atoms with Crippen molar-refractivity contribution >= 4 is 0 Å². The standard InChI is InChI=1S/C10H16/c1-4-6-7-9-10(3)8-5-2/h4-5H,1,6-7,9H2,2-3H3. The van der Waals surface area contributed by atoms with Gasteiger partial charge in [-0.2, -0.15) is 0 Å². The molecule has 0 aliphatic rings. The first-order valence-electron chi connectivity index (χ1n) is 3.79. The molecule has 0 N–H and O–H groups in total. The van der Waals surface area contributed by atoms with E-state index in [9.17, 15) is 0 Å². The van der Waals surface area contributed by atoms with Crippen molar-refractivity contribution in [3.8, 4) is 0 Å². The summed E-state index contributed by atoms with van der Waals surface area (Å²) in [7, 11) is 0. The highest BCUT2D eigenvalue weighted by Gasteiger charge is 1.85. The Morgan fingerprint density at radius 1 is 1.60 bits per heavy atom. The number of rotatable bonds is 4. The van der Waals surface area contributed by atoms with Crippen LogP contribution in [0.3, 0.4) is 0 Å². The van der Waals surface area contributed by atoms with Crippen LogP contribution < -0.4 is 0 Å². The van der Waals surface area contributed by atoms with Gasteiger partial charge >= 0.3 is 0 Å². The normalized spacial score (nSPS) is 8.20. The molecule has 0 aliphatic heterocycles. The second-order valence-corrected chi connectivity index (χ2v) is 2.39. The molecule has 0 spiro atoms. The highest BCUT2D eigenvalue weighted by Crippen LogP contribution is 2.04. The van der Waals surface area contributed by atoms with Gasteiger partial charge in [0, 0.05) is 0 Å². The molecule has 0 atom stereocenters. The Morgan fingerprint density at radius 2 is 2.30 bits per heavy atom. The molecule has 0 aromatic rings. The summed E-state index contributed by atoms with van der Waals surface area (Å²) in [5, 5.41) is 0. The third kappa shape index (κ3) is 5.40. The van der Waals surface area contributed by atoms with Crippen LogP contribution in [0.5, 0.6) is 0 Å². The molecule has 0 saturated heterocycles. The van der Waals surface area contributed by atoms with Crippen LogP contribution in [0.1, 0.15) is 33.1 Å². The molecule has 0 heterocycles. The molecule has 0 heteroatoms. The summed E-state index contributed by atoms with van der Waals surface area (Å²) in [4.78, 5) is 0. The lowest BCUT2D eigenvalue weighted by Crippen LogP contribution is -1.74. The molecule has 0 unspecified atom stereocenters. The zero-order valence-electron chi connectivity index (χ0n) is 6.98. The molecule has 56 valence electrons. The van der Waals surface area contributed by atoms with Crippen molar-refractivity contribution < 1.29 is 0 Å². The van der Waals surface area contributed by atoms with Gasteiger partial charge in [-0.3, -0.25) is 0 Å². The van der Waals surface area contributed by atoms with Crippen LogP contribution >= 0.6 is 0 Å². The lowest BCUT2D eigenvalue weighted by molar-refractivity contribution is 0.835. The van der Waals surface area contributed by atoms with E-state index >= 15 is 0 Å². The molecular formula is C10H16. The number of hydrogen-bond donors (Lipinski definition) is 0. The summed E-state index contributed by atoms with van der Waals surface area (Å²) < 4.78 is 0. The molecular weight excluding hydrogens is 120 g/mol. The minimum absolute atomic E-state index is 1.11. The summed E-state index contributed by atoms with van der Waals surface area (Å²) in [6.45, 7) is 7.78. The van der Waals surface area contributed by atoms with E-state index in [1.165, 1.54) is 12.0 Å². The Labute approximate surface area is 64.0 Å². The van der Waals surface area contributed by atoms with Gasteiger partial charge in [-0.05, 0) is 44.8 Å². The third-order valence-electron chi connectivity index (χ3n) is 1.35. The summed E-state index contributed by atoms with van der Waals surface area (Å²) >= 11 is 0.